The fraction of sp³-hybridized carbons (Fsp3) is 0.600. The topological polar surface area (TPSA) is 20.2 Å². The maximum atomic E-state index is 9.45. The molecule has 2 aliphatic carbocycles. The quantitative estimate of drug-likeness (QED) is 0.854. The molecule has 21 heavy (non-hydrogen) atoms. The summed E-state index contributed by atoms with van der Waals surface area (Å²) in [6.07, 6.45) is 4.69. The fourth-order valence-corrected chi connectivity index (χ4v) is 3.93. The normalized spacial score (nSPS) is 30.0. The molecule has 0 spiro atoms. The molecule has 1 nitrogen and oxygen atoms in total. The van der Waals surface area contributed by atoms with Crippen LogP contribution in [0.3, 0.4) is 0 Å². The van der Waals surface area contributed by atoms with Crippen LogP contribution in [0.15, 0.2) is 24.3 Å². The zero-order valence-corrected chi connectivity index (χ0v) is 14.0. The molecule has 1 heteroatoms. The highest BCUT2D eigenvalue weighted by Gasteiger charge is 2.50. The Balaban J connectivity index is 2.08. The molecule has 0 radical (unpaired) electrons. The van der Waals surface area contributed by atoms with E-state index in [1.165, 1.54) is 22.3 Å². The number of hydrogen-bond donors (Lipinski definition) is 1. The summed E-state index contributed by atoms with van der Waals surface area (Å²) in [5, 5.41) is 9.45. The van der Waals surface area contributed by atoms with Gasteiger partial charge in [-0.1, -0.05) is 58.9 Å². The van der Waals surface area contributed by atoms with Crippen molar-refractivity contribution in [3.8, 4) is 0 Å². The summed E-state index contributed by atoms with van der Waals surface area (Å²) >= 11 is 0. The molecule has 0 aliphatic heterocycles. The van der Waals surface area contributed by atoms with Crippen LogP contribution in [0, 0.1) is 11.8 Å². The van der Waals surface area contributed by atoms with Crippen LogP contribution in [0.4, 0.5) is 0 Å². The first-order chi connectivity index (χ1) is 9.79. The van der Waals surface area contributed by atoms with Gasteiger partial charge in [-0.3, -0.25) is 0 Å². The summed E-state index contributed by atoms with van der Waals surface area (Å²) in [5.41, 5.74) is 6.26. The van der Waals surface area contributed by atoms with Gasteiger partial charge in [0, 0.05) is 6.61 Å². The predicted molar refractivity (Wildman–Crippen MR) is 89.4 cm³/mol. The lowest BCUT2D eigenvalue weighted by Crippen LogP contribution is -2.23. The highest BCUT2D eigenvalue weighted by atomic mass is 16.3. The molecule has 0 unspecified atom stereocenters. The van der Waals surface area contributed by atoms with E-state index in [4.69, 9.17) is 0 Å². The minimum Gasteiger partial charge on any atom is -0.396 e. The molecule has 0 bridgehead atoms. The van der Waals surface area contributed by atoms with Crippen LogP contribution in [0.5, 0.6) is 0 Å². The van der Waals surface area contributed by atoms with Crippen LogP contribution in [-0.2, 0) is 10.8 Å². The van der Waals surface area contributed by atoms with E-state index >= 15 is 0 Å². The number of hydrogen-bond acceptors (Lipinski definition) is 1. The monoisotopic (exact) mass is 284 g/mol. The Kier molecular flexibility index (Phi) is 3.33. The number of allylic oxidation sites excluding steroid dienone is 2. The first kappa shape index (κ1) is 14.8. The third-order valence-electron chi connectivity index (χ3n) is 5.81. The van der Waals surface area contributed by atoms with Crippen molar-refractivity contribution in [3.63, 3.8) is 0 Å². The Morgan fingerprint density at radius 2 is 1.95 bits per heavy atom. The van der Waals surface area contributed by atoms with Crippen molar-refractivity contribution in [2.75, 3.05) is 6.61 Å². The number of rotatable bonds is 3. The predicted octanol–water partition coefficient (Wildman–Crippen LogP) is 4.68. The van der Waals surface area contributed by atoms with E-state index in [0.29, 0.717) is 18.4 Å². The van der Waals surface area contributed by atoms with Crippen LogP contribution in [-0.4, -0.2) is 11.7 Å². The average Bonchev–Trinajstić information content (AvgIpc) is 3.10. The zero-order valence-electron chi connectivity index (χ0n) is 14.0. The molecular weight excluding hydrogens is 256 g/mol. The van der Waals surface area contributed by atoms with Gasteiger partial charge in [-0.2, -0.15) is 0 Å². The van der Waals surface area contributed by atoms with Gasteiger partial charge < -0.3 is 5.11 Å². The van der Waals surface area contributed by atoms with E-state index in [1.54, 1.807) is 0 Å². The molecule has 1 saturated carbocycles. The van der Waals surface area contributed by atoms with Gasteiger partial charge in [0.05, 0.1) is 0 Å². The Morgan fingerprint density at radius 1 is 1.24 bits per heavy atom. The molecule has 1 fully saturated rings. The van der Waals surface area contributed by atoms with Crippen LogP contribution in [0.25, 0.3) is 5.57 Å². The smallest absolute Gasteiger partial charge is 0.0468 e. The molecule has 2 atom stereocenters. The minimum absolute atomic E-state index is 0.188. The fourth-order valence-electron chi connectivity index (χ4n) is 3.93. The van der Waals surface area contributed by atoms with Crippen molar-refractivity contribution in [3.05, 3.63) is 41.0 Å². The van der Waals surface area contributed by atoms with Crippen molar-refractivity contribution in [2.24, 2.45) is 11.8 Å². The second kappa shape index (κ2) is 4.71. The first-order valence-electron chi connectivity index (χ1n) is 8.26. The summed E-state index contributed by atoms with van der Waals surface area (Å²) in [7, 11) is 0. The molecule has 0 aromatic heterocycles. The van der Waals surface area contributed by atoms with Gasteiger partial charge in [-0.25, -0.2) is 0 Å². The Morgan fingerprint density at radius 3 is 2.52 bits per heavy atom. The van der Waals surface area contributed by atoms with Crippen molar-refractivity contribution >= 4 is 5.57 Å². The van der Waals surface area contributed by atoms with Gasteiger partial charge in [0.2, 0.25) is 0 Å². The van der Waals surface area contributed by atoms with Crippen LogP contribution in [0.2, 0.25) is 0 Å². The maximum Gasteiger partial charge on any atom is 0.0468 e. The Bertz CT molecular complexity index is 594. The molecule has 1 aromatic rings. The third-order valence-corrected chi connectivity index (χ3v) is 5.81. The molecule has 1 N–H and O–H groups in total. The largest absolute Gasteiger partial charge is 0.396 e. The lowest BCUT2D eigenvalue weighted by molar-refractivity contribution is 0.265. The molecular formula is C20H28O. The molecule has 1 aromatic carbocycles. The van der Waals surface area contributed by atoms with E-state index in [-0.39, 0.29) is 10.8 Å². The van der Waals surface area contributed by atoms with Crippen molar-refractivity contribution in [1.29, 1.82) is 0 Å². The SMILES string of the molecule is CC(C)C1=CCC(C)(C)c2ccc([C@@]3(C)C[C@H]3CO)cc21. The van der Waals surface area contributed by atoms with E-state index in [0.717, 1.165) is 12.8 Å². The molecule has 0 saturated heterocycles. The lowest BCUT2D eigenvalue weighted by Gasteiger charge is -2.34. The second-order valence-electron chi connectivity index (χ2n) is 8.16. The van der Waals surface area contributed by atoms with Gasteiger partial charge in [-0.15, -0.1) is 0 Å². The summed E-state index contributed by atoms with van der Waals surface area (Å²) < 4.78 is 0. The third kappa shape index (κ3) is 2.26. The van der Waals surface area contributed by atoms with Crippen LogP contribution >= 0.6 is 0 Å². The van der Waals surface area contributed by atoms with Gasteiger partial charge in [0.25, 0.3) is 0 Å². The van der Waals surface area contributed by atoms with E-state index in [9.17, 15) is 5.11 Å². The zero-order chi connectivity index (χ0) is 15.4. The molecule has 2 aliphatic rings. The maximum absolute atomic E-state index is 9.45. The number of aliphatic hydroxyl groups excluding tert-OH is 1. The Labute approximate surface area is 129 Å². The highest BCUT2D eigenvalue weighted by molar-refractivity contribution is 5.74. The van der Waals surface area contributed by atoms with Crippen molar-refractivity contribution in [2.45, 2.75) is 58.3 Å². The molecule has 0 amide bonds. The second-order valence-corrected chi connectivity index (χ2v) is 8.16. The average molecular weight is 284 g/mol. The van der Waals surface area contributed by atoms with Gasteiger partial charge in [-0.05, 0) is 57.8 Å². The summed E-state index contributed by atoms with van der Waals surface area (Å²) in [6.45, 7) is 11.9. The number of aliphatic hydroxyl groups is 1. The van der Waals surface area contributed by atoms with Gasteiger partial charge in [0.15, 0.2) is 0 Å². The molecule has 0 heterocycles. The summed E-state index contributed by atoms with van der Waals surface area (Å²) in [4.78, 5) is 0. The van der Waals surface area contributed by atoms with E-state index < -0.39 is 0 Å². The van der Waals surface area contributed by atoms with E-state index in [2.05, 4.69) is 58.9 Å². The first-order valence-corrected chi connectivity index (χ1v) is 8.26. The number of benzene rings is 1. The number of fused-ring (bicyclic) bond motifs is 1. The van der Waals surface area contributed by atoms with Crippen molar-refractivity contribution in [1.82, 2.24) is 0 Å². The van der Waals surface area contributed by atoms with Gasteiger partial charge in [0.1, 0.15) is 0 Å². The lowest BCUT2D eigenvalue weighted by atomic mass is 9.70. The summed E-state index contributed by atoms with van der Waals surface area (Å²) in [5.74, 6) is 1.01. The van der Waals surface area contributed by atoms with Crippen molar-refractivity contribution < 1.29 is 5.11 Å². The van der Waals surface area contributed by atoms with Crippen LogP contribution in [0.1, 0.15) is 64.2 Å². The van der Waals surface area contributed by atoms with Crippen LogP contribution < -0.4 is 0 Å². The van der Waals surface area contributed by atoms with Gasteiger partial charge >= 0.3 is 0 Å². The summed E-state index contributed by atoms with van der Waals surface area (Å²) in [6, 6.07) is 7.06. The Hall–Kier alpha value is -1.08. The molecule has 114 valence electrons. The standard InChI is InChI=1S/C20H28O/c1-13(2)16-8-9-19(3,4)18-7-6-14(10-17(16)18)20(5)11-15(20)12-21/h6-8,10,13,15,21H,9,11-12H2,1-5H3/t15-,20+/m0/s1. The molecule has 3 rings (SSSR count). The highest BCUT2D eigenvalue weighted by Crippen LogP contribution is 2.55. The van der Waals surface area contributed by atoms with E-state index in [1.807, 2.05) is 0 Å². The minimum atomic E-state index is 0.188.